The Bertz CT molecular complexity index is 1300. The number of carbonyl (C=O) groups excluding carboxylic acids is 2. The van der Waals surface area contributed by atoms with Gasteiger partial charge >= 0.3 is 6.03 Å². The molecule has 2 bridgehead atoms. The van der Waals surface area contributed by atoms with Gasteiger partial charge in [-0.05, 0) is 114 Å². The maximum atomic E-state index is 14.1. The molecular formula is C35H50N2O4S. The van der Waals surface area contributed by atoms with E-state index >= 15 is 0 Å². The molecule has 3 N–H and O–H groups in total. The van der Waals surface area contributed by atoms with Crippen molar-refractivity contribution in [2.75, 3.05) is 13.1 Å². The van der Waals surface area contributed by atoms with E-state index in [1.54, 1.807) is 4.90 Å². The van der Waals surface area contributed by atoms with Crippen molar-refractivity contribution in [1.82, 2.24) is 10.2 Å². The molecule has 5 rings (SSSR count). The van der Waals surface area contributed by atoms with Crippen LogP contribution in [0.2, 0.25) is 0 Å². The molecule has 4 atom stereocenters. The zero-order chi connectivity index (χ0) is 30.7. The van der Waals surface area contributed by atoms with Crippen LogP contribution in [0.4, 0.5) is 4.79 Å². The van der Waals surface area contributed by atoms with E-state index in [-0.39, 0.29) is 30.3 Å². The lowest BCUT2D eigenvalue weighted by Gasteiger charge is -2.46. The SMILES string of the molecule is CCCN(C[C@]1(O)CC[C@H]2c3ccc(cc3C(=O)c3ccc(C)s3)C[C@@H](O)CCC(C)=CCC[C@@]21C)C(=O)NC(C)C. The monoisotopic (exact) mass is 594 g/mol. The number of nitrogens with zero attached hydrogens (tertiary/aromatic N) is 1. The molecule has 1 fully saturated rings. The van der Waals surface area contributed by atoms with Gasteiger partial charge in [-0.25, -0.2) is 4.79 Å². The highest BCUT2D eigenvalue weighted by Gasteiger charge is 2.57. The summed E-state index contributed by atoms with van der Waals surface area (Å²) in [4.78, 5) is 30.9. The number of aryl methyl sites for hydroxylation is 1. The first-order valence-electron chi connectivity index (χ1n) is 15.7. The summed E-state index contributed by atoms with van der Waals surface area (Å²) in [6, 6.07) is 9.87. The Kier molecular flexibility index (Phi) is 10.4. The summed E-state index contributed by atoms with van der Waals surface area (Å²) < 4.78 is 0. The van der Waals surface area contributed by atoms with E-state index < -0.39 is 17.1 Å². The predicted octanol–water partition coefficient (Wildman–Crippen LogP) is 7.16. The highest BCUT2D eigenvalue weighted by atomic mass is 32.1. The third kappa shape index (κ3) is 7.00. The van der Waals surface area contributed by atoms with Crippen molar-refractivity contribution < 1.29 is 19.8 Å². The van der Waals surface area contributed by atoms with Crippen LogP contribution in [0.15, 0.2) is 42.0 Å². The number of hydrogen-bond donors (Lipinski definition) is 3. The fourth-order valence-corrected chi connectivity index (χ4v) is 7.88. The predicted molar refractivity (Wildman–Crippen MR) is 171 cm³/mol. The molecule has 1 aromatic carbocycles. The van der Waals surface area contributed by atoms with Crippen molar-refractivity contribution in [3.63, 3.8) is 0 Å². The first kappa shape index (κ1) is 32.4. The smallest absolute Gasteiger partial charge is 0.317 e. The minimum absolute atomic E-state index is 0.00369. The molecule has 0 spiro atoms. The highest BCUT2D eigenvalue weighted by Crippen LogP contribution is 2.59. The van der Waals surface area contributed by atoms with Gasteiger partial charge in [-0.1, -0.05) is 37.6 Å². The molecule has 1 aromatic heterocycles. The number of ketones is 1. The molecule has 1 heterocycles. The van der Waals surface area contributed by atoms with E-state index in [1.807, 2.05) is 39.0 Å². The van der Waals surface area contributed by atoms with Gasteiger partial charge < -0.3 is 20.4 Å². The van der Waals surface area contributed by atoms with Crippen LogP contribution in [0, 0.1) is 12.3 Å². The molecule has 230 valence electrons. The second kappa shape index (κ2) is 13.4. The number of aliphatic hydroxyl groups is 2. The third-order valence-corrected chi connectivity index (χ3v) is 10.5. The number of fused-ring (bicyclic) bond motifs is 8. The number of nitrogens with one attached hydrogen (secondary N) is 1. The number of aliphatic hydroxyl groups excluding tert-OH is 1. The number of benzene rings is 1. The van der Waals surface area contributed by atoms with Crippen LogP contribution in [0.25, 0.3) is 0 Å². The van der Waals surface area contributed by atoms with Gasteiger partial charge in [0.1, 0.15) is 0 Å². The molecule has 3 aliphatic carbocycles. The Morgan fingerprint density at radius 1 is 1.14 bits per heavy atom. The van der Waals surface area contributed by atoms with E-state index in [0.29, 0.717) is 36.2 Å². The van der Waals surface area contributed by atoms with E-state index in [9.17, 15) is 19.8 Å². The summed E-state index contributed by atoms with van der Waals surface area (Å²) in [6.07, 6.45) is 7.35. The molecule has 42 heavy (non-hydrogen) atoms. The van der Waals surface area contributed by atoms with Crippen LogP contribution >= 0.6 is 11.3 Å². The topological polar surface area (TPSA) is 89.9 Å². The molecule has 0 aliphatic heterocycles. The van der Waals surface area contributed by atoms with Gasteiger partial charge in [0.25, 0.3) is 0 Å². The lowest BCUT2D eigenvalue weighted by atomic mass is 9.64. The first-order valence-corrected chi connectivity index (χ1v) is 16.5. The van der Waals surface area contributed by atoms with Crippen molar-refractivity contribution in [1.29, 1.82) is 0 Å². The van der Waals surface area contributed by atoms with Crippen LogP contribution in [-0.4, -0.2) is 57.8 Å². The first-order chi connectivity index (χ1) is 19.9. The second-order valence-electron chi connectivity index (χ2n) is 13.2. The molecule has 0 saturated heterocycles. The molecule has 1 saturated carbocycles. The number of carbonyl (C=O) groups is 2. The van der Waals surface area contributed by atoms with Gasteiger partial charge in [-0.2, -0.15) is 0 Å². The van der Waals surface area contributed by atoms with Crippen molar-refractivity contribution in [3.8, 4) is 0 Å². The van der Waals surface area contributed by atoms with Crippen molar-refractivity contribution in [2.45, 2.75) is 117 Å². The van der Waals surface area contributed by atoms with E-state index in [1.165, 1.54) is 16.9 Å². The molecule has 7 heteroatoms. The summed E-state index contributed by atoms with van der Waals surface area (Å²) >= 11 is 1.50. The Labute approximate surface area is 256 Å². The fourth-order valence-electron chi connectivity index (χ4n) is 7.06. The van der Waals surface area contributed by atoms with E-state index in [0.717, 1.165) is 48.1 Å². The minimum Gasteiger partial charge on any atom is -0.393 e. The van der Waals surface area contributed by atoms with Crippen LogP contribution in [0.1, 0.15) is 117 Å². The number of thiophene rings is 1. The molecule has 3 aliphatic rings. The fraction of sp³-hybridized carbons (Fsp3) is 0.600. The Balaban J connectivity index is 1.82. The number of allylic oxidation sites excluding steroid dienone is 2. The largest absolute Gasteiger partial charge is 0.393 e. The van der Waals surface area contributed by atoms with Gasteiger partial charge in [-0.3, -0.25) is 4.79 Å². The summed E-state index contributed by atoms with van der Waals surface area (Å²) in [5.74, 6) is -0.0567. The van der Waals surface area contributed by atoms with Crippen LogP contribution in [0.3, 0.4) is 0 Å². The van der Waals surface area contributed by atoms with Gasteiger partial charge in [0, 0.05) is 28.4 Å². The summed E-state index contributed by atoms with van der Waals surface area (Å²) in [5.41, 5.74) is 2.15. The van der Waals surface area contributed by atoms with Crippen molar-refractivity contribution >= 4 is 23.2 Å². The van der Waals surface area contributed by atoms with Crippen LogP contribution in [0.5, 0.6) is 0 Å². The summed E-state index contributed by atoms with van der Waals surface area (Å²) in [5, 5.41) is 26.4. The molecule has 0 unspecified atom stereocenters. The zero-order valence-corrected chi connectivity index (χ0v) is 27.2. The molecular weight excluding hydrogens is 544 g/mol. The Hall–Kier alpha value is -2.48. The number of urea groups is 1. The van der Waals surface area contributed by atoms with E-state index in [2.05, 4.69) is 44.3 Å². The van der Waals surface area contributed by atoms with Crippen molar-refractivity contribution in [3.05, 3.63) is 68.4 Å². The maximum absolute atomic E-state index is 14.1. The molecule has 6 nitrogen and oxygen atoms in total. The van der Waals surface area contributed by atoms with Crippen molar-refractivity contribution in [2.24, 2.45) is 5.41 Å². The number of hydrogen-bond acceptors (Lipinski definition) is 5. The summed E-state index contributed by atoms with van der Waals surface area (Å²) in [6.45, 7) is 13.1. The zero-order valence-electron chi connectivity index (χ0n) is 26.3. The number of amides is 2. The lowest BCUT2D eigenvalue weighted by molar-refractivity contribution is -0.0770. The van der Waals surface area contributed by atoms with Gasteiger partial charge in [-0.15, -0.1) is 11.3 Å². The lowest BCUT2D eigenvalue weighted by Crippen LogP contribution is -2.56. The molecule has 2 aromatic rings. The molecule has 0 radical (unpaired) electrons. The third-order valence-electron chi connectivity index (χ3n) is 9.53. The Morgan fingerprint density at radius 3 is 2.57 bits per heavy atom. The molecule has 2 amide bonds. The minimum atomic E-state index is -1.12. The van der Waals surface area contributed by atoms with E-state index in [4.69, 9.17) is 0 Å². The number of rotatable bonds is 7. The van der Waals surface area contributed by atoms with Gasteiger partial charge in [0.15, 0.2) is 0 Å². The highest BCUT2D eigenvalue weighted by molar-refractivity contribution is 7.14. The maximum Gasteiger partial charge on any atom is 0.317 e. The average molecular weight is 595 g/mol. The Morgan fingerprint density at radius 2 is 1.90 bits per heavy atom. The standard InChI is InChI=1S/C35H50N2O4S/c1-7-19-37(33(40)36-23(2)3)22-35(41)18-16-30-28-14-12-26(21-29(28)32(39)31-15-11-25(5)42-31)20-27(38)13-10-24(4)9-8-17-34(30,35)6/h9,11-12,14-15,21,23,27,30,38,41H,7-8,10,13,16-20,22H2,1-6H3,(H,36,40)/t27-,30-,34-,35+/m0/s1. The van der Waals surface area contributed by atoms with Gasteiger partial charge in [0.05, 0.1) is 23.1 Å². The second-order valence-corrected chi connectivity index (χ2v) is 14.5. The quantitative estimate of drug-likeness (QED) is 0.234. The average Bonchev–Trinajstić information content (AvgIpc) is 3.47. The van der Waals surface area contributed by atoms with Gasteiger partial charge in [0.2, 0.25) is 5.78 Å². The normalized spacial score (nSPS) is 26.5. The summed E-state index contributed by atoms with van der Waals surface area (Å²) in [7, 11) is 0. The van der Waals surface area contributed by atoms with Crippen LogP contribution in [-0.2, 0) is 6.42 Å². The van der Waals surface area contributed by atoms with Crippen LogP contribution < -0.4 is 5.32 Å².